The second-order valence-electron chi connectivity index (χ2n) is 12.1. The SMILES string of the molecule is OCC(OC[C@]1(c2ccccc2)CC[C@H](N2CCC(c3ccc(F)cc3)CC2)CC1)c1cc(C(F)(F)F)cc(C(F)(F)F)c1. The second-order valence-corrected chi connectivity index (χ2v) is 12.1. The van der Waals surface area contributed by atoms with Gasteiger partial charge in [0.2, 0.25) is 0 Å². The van der Waals surface area contributed by atoms with E-state index in [2.05, 4.69) is 4.90 Å². The summed E-state index contributed by atoms with van der Waals surface area (Å²) in [5.41, 5.74) is -1.61. The van der Waals surface area contributed by atoms with Gasteiger partial charge in [0, 0.05) is 11.5 Å². The van der Waals surface area contributed by atoms with Crippen molar-refractivity contribution in [1.29, 1.82) is 0 Å². The molecule has 1 unspecified atom stereocenters. The topological polar surface area (TPSA) is 32.7 Å². The van der Waals surface area contributed by atoms with Crippen LogP contribution in [0.25, 0.3) is 0 Å². The van der Waals surface area contributed by atoms with E-state index in [-0.39, 0.29) is 24.1 Å². The number of alkyl halides is 6. The fourth-order valence-electron chi connectivity index (χ4n) is 6.84. The largest absolute Gasteiger partial charge is 0.416 e. The van der Waals surface area contributed by atoms with Gasteiger partial charge in [-0.15, -0.1) is 0 Å². The van der Waals surface area contributed by atoms with Crippen molar-refractivity contribution in [2.24, 2.45) is 0 Å². The minimum Gasteiger partial charge on any atom is -0.393 e. The number of ether oxygens (including phenoxy) is 1. The molecule has 10 heteroatoms. The van der Waals surface area contributed by atoms with E-state index < -0.39 is 41.6 Å². The summed E-state index contributed by atoms with van der Waals surface area (Å²) in [5, 5.41) is 10.1. The first kappa shape index (κ1) is 32.4. The van der Waals surface area contributed by atoms with Crippen LogP contribution < -0.4 is 0 Å². The normalized spacial score (nSPS) is 23.0. The van der Waals surface area contributed by atoms with Crippen molar-refractivity contribution >= 4 is 0 Å². The molecule has 3 aromatic carbocycles. The van der Waals surface area contributed by atoms with Crippen molar-refractivity contribution in [3.63, 3.8) is 0 Å². The van der Waals surface area contributed by atoms with Crippen LogP contribution in [0.2, 0.25) is 0 Å². The van der Waals surface area contributed by atoms with E-state index in [1.165, 1.54) is 12.1 Å². The molecule has 1 saturated carbocycles. The zero-order chi connectivity index (χ0) is 31.5. The Bertz CT molecular complexity index is 1330. The van der Waals surface area contributed by atoms with Crippen molar-refractivity contribution in [3.05, 3.63) is 106 Å². The van der Waals surface area contributed by atoms with Gasteiger partial charge < -0.3 is 14.7 Å². The highest BCUT2D eigenvalue weighted by Gasteiger charge is 2.41. The summed E-state index contributed by atoms with van der Waals surface area (Å²) >= 11 is 0. The third kappa shape index (κ3) is 7.46. The lowest BCUT2D eigenvalue weighted by Gasteiger charge is -2.46. The predicted molar refractivity (Wildman–Crippen MR) is 153 cm³/mol. The molecule has 44 heavy (non-hydrogen) atoms. The van der Waals surface area contributed by atoms with E-state index in [0.717, 1.165) is 49.9 Å². The molecule has 0 aromatic heterocycles. The Morgan fingerprint density at radius 1 is 0.795 bits per heavy atom. The summed E-state index contributed by atoms with van der Waals surface area (Å²) in [5.74, 6) is 0.141. The Labute approximate surface area is 252 Å². The van der Waals surface area contributed by atoms with Gasteiger partial charge >= 0.3 is 12.4 Å². The van der Waals surface area contributed by atoms with Gasteiger partial charge in [-0.1, -0.05) is 42.5 Å². The summed E-state index contributed by atoms with van der Waals surface area (Å²) in [6, 6.07) is 18.0. The maximum Gasteiger partial charge on any atom is 0.416 e. The van der Waals surface area contributed by atoms with Crippen molar-refractivity contribution < 1.29 is 40.6 Å². The molecule has 3 nitrogen and oxygen atoms in total. The van der Waals surface area contributed by atoms with Gasteiger partial charge in [0.05, 0.1) is 24.3 Å². The molecule has 1 saturated heterocycles. The lowest BCUT2D eigenvalue weighted by Crippen LogP contribution is -2.47. The number of hydrogen-bond donors (Lipinski definition) is 1. The molecule has 1 aliphatic carbocycles. The van der Waals surface area contributed by atoms with Gasteiger partial charge in [0.15, 0.2) is 0 Å². The van der Waals surface area contributed by atoms with Crippen LogP contribution in [-0.2, 0) is 22.5 Å². The van der Waals surface area contributed by atoms with Crippen molar-refractivity contribution in [2.75, 3.05) is 26.3 Å². The average molecular weight is 624 g/mol. The van der Waals surface area contributed by atoms with Crippen LogP contribution in [-0.4, -0.2) is 42.4 Å². The van der Waals surface area contributed by atoms with E-state index in [9.17, 15) is 35.8 Å². The monoisotopic (exact) mass is 623 g/mol. The Hall–Kier alpha value is -2.95. The van der Waals surface area contributed by atoms with Crippen molar-refractivity contribution in [1.82, 2.24) is 4.90 Å². The Kier molecular flexibility index (Phi) is 9.72. The van der Waals surface area contributed by atoms with Crippen LogP contribution in [0, 0.1) is 5.82 Å². The lowest BCUT2D eigenvalue weighted by atomic mass is 9.68. The maximum atomic E-state index is 13.5. The molecular formula is C34H36F7NO2. The lowest BCUT2D eigenvalue weighted by molar-refractivity contribution is -0.143. The number of hydrogen-bond acceptors (Lipinski definition) is 3. The summed E-state index contributed by atoms with van der Waals surface area (Å²) in [6.45, 7) is 1.12. The first-order valence-corrected chi connectivity index (χ1v) is 14.9. The Morgan fingerprint density at radius 3 is 1.89 bits per heavy atom. The fourth-order valence-corrected chi connectivity index (χ4v) is 6.84. The first-order valence-electron chi connectivity index (χ1n) is 14.9. The molecule has 1 aliphatic heterocycles. The third-order valence-corrected chi connectivity index (χ3v) is 9.39. The molecule has 238 valence electrons. The average Bonchev–Trinajstić information content (AvgIpc) is 3.02. The minimum absolute atomic E-state index is 0.0409. The van der Waals surface area contributed by atoms with Crippen LogP contribution in [0.3, 0.4) is 0 Å². The fraction of sp³-hybridized carbons (Fsp3) is 0.471. The van der Waals surface area contributed by atoms with Crippen LogP contribution in [0.5, 0.6) is 0 Å². The van der Waals surface area contributed by atoms with Crippen LogP contribution >= 0.6 is 0 Å². The van der Waals surface area contributed by atoms with Gasteiger partial charge in [-0.25, -0.2) is 4.39 Å². The molecule has 3 aromatic rings. The van der Waals surface area contributed by atoms with Crippen LogP contribution in [0.15, 0.2) is 72.8 Å². The van der Waals surface area contributed by atoms with Gasteiger partial charge in [0.25, 0.3) is 0 Å². The highest BCUT2D eigenvalue weighted by atomic mass is 19.4. The molecule has 2 aliphatic rings. The highest BCUT2D eigenvalue weighted by Crippen LogP contribution is 2.44. The molecule has 1 heterocycles. The highest BCUT2D eigenvalue weighted by molar-refractivity contribution is 5.35. The number of rotatable bonds is 8. The predicted octanol–water partition coefficient (Wildman–Crippen LogP) is 8.67. The standard InChI is InChI=1S/C34H36F7NO2/c35-29-8-6-23(7-9-29)24-12-16-42(17-13-24)30-10-14-32(15-11-30,26-4-2-1-3-5-26)22-44-31(21-43)25-18-27(33(36,37)38)20-28(19-25)34(39,40)41/h1-9,18-20,24,30-31,43H,10-17,21-22H2/t30-,31?,32-. The smallest absolute Gasteiger partial charge is 0.393 e. The third-order valence-electron chi connectivity index (χ3n) is 9.39. The van der Waals surface area contributed by atoms with E-state index in [4.69, 9.17) is 4.74 Å². The van der Waals surface area contributed by atoms with E-state index in [0.29, 0.717) is 36.9 Å². The maximum absolute atomic E-state index is 13.5. The molecule has 0 spiro atoms. The number of aliphatic hydroxyl groups excluding tert-OH is 1. The molecule has 0 radical (unpaired) electrons. The molecular weight excluding hydrogens is 587 g/mol. The molecule has 1 N–H and O–H groups in total. The summed E-state index contributed by atoms with van der Waals surface area (Å²) < 4.78 is 100. The minimum atomic E-state index is -4.99. The van der Waals surface area contributed by atoms with E-state index >= 15 is 0 Å². The van der Waals surface area contributed by atoms with Crippen LogP contribution in [0.1, 0.15) is 78.4 Å². The van der Waals surface area contributed by atoms with Crippen molar-refractivity contribution in [3.8, 4) is 0 Å². The first-order chi connectivity index (χ1) is 20.9. The summed E-state index contributed by atoms with van der Waals surface area (Å²) in [6.07, 6.45) is -6.25. The van der Waals surface area contributed by atoms with Gasteiger partial charge in [-0.2, -0.15) is 26.3 Å². The zero-order valence-corrected chi connectivity index (χ0v) is 24.2. The summed E-state index contributed by atoms with van der Waals surface area (Å²) in [7, 11) is 0. The number of benzene rings is 3. The number of likely N-dealkylation sites (tertiary alicyclic amines) is 1. The molecule has 1 atom stereocenters. The Morgan fingerprint density at radius 2 is 1.36 bits per heavy atom. The van der Waals surface area contributed by atoms with Gasteiger partial charge in [-0.05, 0) is 105 Å². The van der Waals surface area contributed by atoms with Crippen LogP contribution in [0.4, 0.5) is 30.7 Å². The number of halogens is 7. The van der Waals surface area contributed by atoms with E-state index in [1.54, 1.807) is 0 Å². The zero-order valence-electron chi connectivity index (χ0n) is 24.2. The molecule has 0 amide bonds. The van der Waals surface area contributed by atoms with E-state index in [1.807, 2.05) is 42.5 Å². The van der Waals surface area contributed by atoms with Gasteiger partial charge in [-0.3, -0.25) is 0 Å². The molecule has 0 bridgehead atoms. The number of aliphatic hydroxyl groups is 1. The Balaban J connectivity index is 1.29. The second kappa shape index (κ2) is 13.2. The summed E-state index contributed by atoms with van der Waals surface area (Å²) in [4.78, 5) is 2.49. The number of nitrogens with zero attached hydrogens (tertiary/aromatic N) is 1. The van der Waals surface area contributed by atoms with Gasteiger partial charge in [0.1, 0.15) is 11.9 Å². The van der Waals surface area contributed by atoms with Crippen molar-refractivity contribution in [2.45, 2.75) is 74.4 Å². The number of piperidine rings is 1. The molecule has 5 rings (SSSR count). The molecule has 2 fully saturated rings. The quantitative estimate of drug-likeness (QED) is 0.255.